The Hall–Kier alpha value is -1.62. The summed E-state index contributed by atoms with van der Waals surface area (Å²) in [6.07, 6.45) is 1.76. The largest absolute Gasteiger partial charge is 0.496 e. The Labute approximate surface area is 130 Å². The smallest absolute Gasteiger partial charge is 0.129 e. The second-order valence-electron chi connectivity index (χ2n) is 4.74. The quantitative estimate of drug-likeness (QED) is 0.799. The Balaban J connectivity index is 2.09. The summed E-state index contributed by atoms with van der Waals surface area (Å²) in [5, 5.41) is 9.74. The topological polar surface area (TPSA) is 45.6 Å². The molecule has 0 aliphatic carbocycles. The lowest BCUT2D eigenvalue weighted by atomic mass is 10.1. The number of nitrogens with zero attached hydrogens (tertiary/aromatic N) is 2. The molecule has 0 amide bonds. The van der Waals surface area contributed by atoms with E-state index in [-0.39, 0.29) is 6.61 Å². The standard InChI is InChI=1S/C16H19ClN2O2/c1-21-15-5-3-2-4-14(15)12-19(8-9-20)11-13-6-7-16(17)18-10-13/h2-7,10,20H,8-9,11-12H2,1H3. The third kappa shape index (κ3) is 4.70. The maximum Gasteiger partial charge on any atom is 0.129 e. The zero-order chi connectivity index (χ0) is 15.1. The van der Waals surface area contributed by atoms with Crippen LogP contribution in [0, 0.1) is 0 Å². The van der Waals surface area contributed by atoms with Gasteiger partial charge in [0.05, 0.1) is 13.7 Å². The van der Waals surface area contributed by atoms with Crippen LogP contribution < -0.4 is 4.74 Å². The van der Waals surface area contributed by atoms with Crippen LogP contribution >= 0.6 is 11.6 Å². The predicted octanol–water partition coefficient (Wildman–Crippen LogP) is 2.74. The van der Waals surface area contributed by atoms with Gasteiger partial charge in [0.15, 0.2) is 0 Å². The van der Waals surface area contributed by atoms with Crippen molar-refractivity contribution in [1.29, 1.82) is 0 Å². The Kier molecular flexibility index (Phi) is 5.99. The van der Waals surface area contributed by atoms with Gasteiger partial charge in [-0.3, -0.25) is 4.90 Å². The number of aliphatic hydroxyl groups is 1. The van der Waals surface area contributed by atoms with E-state index in [0.717, 1.165) is 16.9 Å². The van der Waals surface area contributed by atoms with E-state index in [1.807, 2.05) is 30.3 Å². The average Bonchev–Trinajstić information content (AvgIpc) is 2.50. The molecule has 1 aromatic heterocycles. The highest BCUT2D eigenvalue weighted by atomic mass is 35.5. The Morgan fingerprint density at radius 1 is 1.19 bits per heavy atom. The number of pyridine rings is 1. The molecule has 0 fully saturated rings. The molecule has 1 N–H and O–H groups in total. The number of aliphatic hydroxyl groups excluding tert-OH is 1. The Morgan fingerprint density at radius 3 is 2.67 bits per heavy atom. The van der Waals surface area contributed by atoms with E-state index in [0.29, 0.717) is 24.8 Å². The van der Waals surface area contributed by atoms with Crippen LogP contribution in [0.3, 0.4) is 0 Å². The number of hydrogen-bond acceptors (Lipinski definition) is 4. The lowest BCUT2D eigenvalue weighted by Crippen LogP contribution is -2.26. The molecule has 0 atom stereocenters. The van der Waals surface area contributed by atoms with E-state index in [4.69, 9.17) is 16.3 Å². The molecule has 0 saturated carbocycles. The van der Waals surface area contributed by atoms with E-state index in [1.165, 1.54) is 0 Å². The van der Waals surface area contributed by atoms with Gasteiger partial charge in [0.1, 0.15) is 10.9 Å². The number of benzene rings is 1. The van der Waals surface area contributed by atoms with Crippen LogP contribution in [0.25, 0.3) is 0 Å². The lowest BCUT2D eigenvalue weighted by Gasteiger charge is -2.22. The molecule has 0 unspecified atom stereocenters. The normalized spacial score (nSPS) is 10.9. The summed E-state index contributed by atoms with van der Waals surface area (Å²) in [5.74, 6) is 0.856. The van der Waals surface area contributed by atoms with Crippen molar-refractivity contribution in [3.05, 3.63) is 58.9 Å². The zero-order valence-electron chi connectivity index (χ0n) is 12.0. The molecule has 1 aromatic carbocycles. The number of aromatic nitrogens is 1. The van der Waals surface area contributed by atoms with Gasteiger partial charge in [-0.25, -0.2) is 4.98 Å². The summed E-state index contributed by atoms with van der Waals surface area (Å²) in [5.41, 5.74) is 2.15. The average molecular weight is 307 g/mol. The lowest BCUT2D eigenvalue weighted by molar-refractivity contribution is 0.183. The molecular formula is C16H19ClN2O2. The van der Waals surface area contributed by atoms with Crippen molar-refractivity contribution in [2.75, 3.05) is 20.3 Å². The van der Waals surface area contributed by atoms with Crippen LogP contribution in [-0.2, 0) is 13.1 Å². The highest BCUT2D eigenvalue weighted by Crippen LogP contribution is 2.20. The molecule has 2 aromatic rings. The molecule has 0 saturated heterocycles. The van der Waals surface area contributed by atoms with Crippen LogP contribution in [0.2, 0.25) is 5.15 Å². The van der Waals surface area contributed by atoms with Gasteiger partial charge in [-0.15, -0.1) is 0 Å². The Morgan fingerprint density at radius 2 is 2.00 bits per heavy atom. The minimum Gasteiger partial charge on any atom is -0.496 e. The molecular weight excluding hydrogens is 288 g/mol. The number of ether oxygens (including phenoxy) is 1. The summed E-state index contributed by atoms with van der Waals surface area (Å²) < 4.78 is 5.37. The van der Waals surface area contributed by atoms with Gasteiger partial charge in [0.2, 0.25) is 0 Å². The molecule has 5 heteroatoms. The predicted molar refractivity (Wildman–Crippen MR) is 83.4 cm³/mol. The van der Waals surface area contributed by atoms with Gasteiger partial charge >= 0.3 is 0 Å². The third-order valence-corrected chi connectivity index (χ3v) is 3.42. The van der Waals surface area contributed by atoms with E-state index < -0.39 is 0 Å². The number of halogens is 1. The van der Waals surface area contributed by atoms with E-state index in [9.17, 15) is 5.11 Å². The van der Waals surface area contributed by atoms with Gasteiger partial charge in [-0.1, -0.05) is 35.9 Å². The molecule has 0 aliphatic rings. The van der Waals surface area contributed by atoms with Crippen molar-refractivity contribution in [1.82, 2.24) is 9.88 Å². The van der Waals surface area contributed by atoms with E-state index in [2.05, 4.69) is 9.88 Å². The van der Waals surface area contributed by atoms with Gasteiger partial charge in [0.25, 0.3) is 0 Å². The maximum absolute atomic E-state index is 9.25. The first-order valence-corrected chi connectivity index (χ1v) is 7.16. The fraction of sp³-hybridized carbons (Fsp3) is 0.312. The van der Waals surface area contributed by atoms with Gasteiger partial charge in [-0.2, -0.15) is 0 Å². The monoisotopic (exact) mass is 306 g/mol. The van der Waals surface area contributed by atoms with Crippen LogP contribution in [0.1, 0.15) is 11.1 Å². The van der Waals surface area contributed by atoms with E-state index in [1.54, 1.807) is 19.4 Å². The van der Waals surface area contributed by atoms with Crippen LogP contribution in [0.4, 0.5) is 0 Å². The van der Waals surface area contributed by atoms with Crippen molar-refractivity contribution in [2.24, 2.45) is 0 Å². The number of para-hydroxylation sites is 1. The highest BCUT2D eigenvalue weighted by molar-refractivity contribution is 6.29. The maximum atomic E-state index is 9.25. The first kappa shape index (κ1) is 15.8. The summed E-state index contributed by atoms with van der Waals surface area (Å²) in [7, 11) is 1.67. The number of rotatable bonds is 7. The second-order valence-corrected chi connectivity index (χ2v) is 5.12. The minimum absolute atomic E-state index is 0.107. The summed E-state index contributed by atoms with van der Waals surface area (Å²) in [6, 6.07) is 11.6. The van der Waals surface area contributed by atoms with Crippen molar-refractivity contribution in [3.8, 4) is 5.75 Å². The molecule has 0 radical (unpaired) electrons. The van der Waals surface area contributed by atoms with Crippen LogP contribution in [-0.4, -0.2) is 35.3 Å². The molecule has 0 spiro atoms. The Bertz CT molecular complexity index is 560. The number of methoxy groups -OCH3 is 1. The fourth-order valence-corrected chi connectivity index (χ4v) is 2.30. The minimum atomic E-state index is 0.107. The molecule has 2 rings (SSSR count). The molecule has 4 nitrogen and oxygen atoms in total. The molecule has 21 heavy (non-hydrogen) atoms. The van der Waals surface area contributed by atoms with Crippen molar-refractivity contribution >= 4 is 11.6 Å². The van der Waals surface area contributed by atoms with Crippen molar-refractivity contribution in [3.63, 3.8) is 0 Å². The molecule has 0 aliphatic heterocycles. The van der Waals surface area contributed by atoms with E-state index >= 15 is 0 Å². The van der Waals surface area contributed by atoms with Crippen LogP contribution in [0.15, 0.2) is 42.6 Å². The number of hydrogen-bond donors (Lipinski definition) is 1. The zero-order valence-corrected chi connectivity index (χ0v) is 12.8. The summed E-state index contributed by atoms with van der Waals surface area (Å²) >= 11 is 5.80. The van der Waals surface area contributed by atoms with Crippen LogP contribution in [0.5, 0.6) is 5.75 Å². The van der Waals surface area contributed by atoms with Gasteiger partial charge < -0.3 is 9.84 Å². The van der Waals surface area contributed by atoms with Crippen molar-refractivity contribution in [2.45, 2.75) is 13.1 Å². The third-order valence-electron chi connectivity index (χ3n) is 3.20. The second kappa shape index (κ2) is 7.98. The first-order chi connectivity index (χ1) is 10.2. The van der Waals surface area contributed by atoms with Gasteiger partial charge in [-0.05, 0) is 17.7 Å². The SMILES string of the molecule is COc1ccccc1CN(CCO)Cc1ccc(Cl)nc1. The summed E-state index contributed by atoms with van der Waals surface area (Å²) in [4.78, 5) is 6.23. The van der Waals surface area contributed by atoms with Crippen molar-refractivity contribution < 1.29 is 9.84 Å². The highest BCUT2D eigenvalue weighted by Gasteiger charge is 2.10. The molecule has 0 bridgehead atoms. The first-order valence-electron chi connectivity index (χ1n) is 6.78. The summed E-state index contributed by atoms with van der Waals surface area (Å²) in [6.45, 7) is 2.09. The molecule has 112 valence electrons. The molecule has 1 heterocycles. The fourth-order valence-electron chi connectivity index (χ4n) is 2.19. The van der Waals surface area contributed by atoms with Gasteiger partial charge in [0, 0.05) is 31.4 Å².